The molecular formula is C18H14N4O3. The number of carbonyl (C=O) groups excluding carboxylic acids is 1. The Kier molecular flexibility index (Phi) is 4.66. The Bertz CT molecular complexity index is 915. The van der Waals surface area contributed by atoms with E-state index in [1.807, 2.05) is 22.9 Å². The molecule has 7 nitrogen and oxygen atoms in total. The van der Waals surface area contributed by atoms with E-state index in [-0.39, 0.29) is 11.5 Å². The molecule has 0 aliphatic heterocycles. The molecule has 0 saturated carbocycles. The number of hydrazone groups is 1. The number of carboxylic acid groups (broad SMARTS) is 1. The van der Waals surface area contributed by atoms with E-state index in [1.54, 1.807) is 30.5 Å². The summed E-state index contributed by atoms with van der Waals surface area (Å²) in [5, 5.41) is 12.9. The van der Waals surface area contributed by atoms with Crippen LogP contribution in [-0.2, 0) is 0 Å². The van der Waals surface area contributed by atoms with Crippen LogP contribution in [0.2, 0.25) is 0 Å². The summed E-state index contributed by atoms with van der Waals surface area (Å²) in [6.07, 6.45) is 6.37. The molecule has 25 heavy (non-hydrogen) atoms. The highest BCUT2D eigenvalue weighted by molar-refractivity contribution is 5.94. The van der Waals surface area contributed by atoms with Gasteiger partial charge in [0.15, 0.2) is 0 Å². The largest absolute Gasteiger partial charge is 0.478 e. The standard InChI is InChI=1S/C18H14N4O3/c23-17(14-3-1-9-19-11-14)21-20-12-16-4-2-10-22(16)15-7-5-13(6-8-15)18(24)25/h1-12H,(H,21,23)(H,24,25)/b20-12+. The van der Waals surface area contributed by atoms with Crippen LogP contribution in [0, 0.1) is 0 Å². The highest BCUT2D eigenvalue weighted by atomic mass is 16.4. The van der Waals surface area contributed by atoms with Gasteiger partial charge in [-0.25, -0.2) is 10.2 Å². The maximum Gasteiger partial charge on any atom is 0.335 e. The van der Waals surface area contributed by atoms with E-state index in [2.05, 4.69) is 15.5 Å². The second kappa shape index (κ2) is 7.22. The Hall–Kier alpha value is -3.74. The van der Waals surface area contributed by atoms with E-state index in [0.29, 0.717) is 5.56 Å². The van der Waals surface area contributed by atoms with Gasteiger partial charge < -0.3 is 9.67 Å². The number of amides is 1. The molecule has 0 fully saturated rings. The number of nitrogens with one attached hydrogen (secondary N) is 1. The van der Waals surface area contributed by atoms with E-state index in [4.69, 9.17) is 5.11 Å². The number of rotatable bonds is 5. The van der Waals surface area contributed by atoms with E-state index in [0.717, 1.165) is 11.4 Å². The van der Waals surface area contributed by atoms with Gasteiger partial charge in [0.05, 0.1) is 23.0 Å². The molecule has 2 aromatic heterocycles. The second-order valence-electron chi connectivity index (χ2n) is 5.10. The average Bonchev–Trinajstić information content (AvgIpc) is 3.11. The molecule has 0 radical (unpaired) electrons. The predicted octanol–water partition coefficient (Wildman–Crippen LogP) is 2.33. The van der Waals surface area contributed by atoms with E-state index < -0.39 is 5.97 Å². The Balaban J connectivity index is 1.73. The minimum absolute atomic E-state index is 0.217. The summed E-state index contributed by atoms with van der Waals surface area (Å²) in [5.41, 5.74) is 4.59. The molecule has 3 aromatic rings. The highest BCUT2D eigenvalue weighted by Gasteiger charge is 2.06. The molecule has 1 amide bonds. The lowest BCUT2D eigenvalue weighted by Gasteiger charge is -2.06. The first-order valence-electron chi connectivity index (χ1n) is 7.39. The number of hydrogen-bond donors (Lipinski definition) is 2. The van der Waals surface area contributed by atoms with Gasteiger partial charge >= 0.3 is 5.97 Å². The number of nitrogens with zero attached hydrogens (tertiary/aromatic N) is 3. The first-order chi connectivity index (χ1) is 12.1. The van der Waals surface area contributed by atoms with Crippen LogP contribution >= 0.6 is 0 Å². The third kappa shape index (κ3) is 3.78. The lowest BCUT2D eigenvalue weighted by molar-refractivity contribution is 0.0696. The molecule has 0 atom stereocenters. The Labute approximate surface area is 143 Å². The Morgan fingerprint density at radius 3 is 2.56 bits per heavy atom. The van der Waals surface area contributed by atoms with Crippen molar-refractivity contribution in [2.24, 2.45) is 5.10 Å². The van der Waals surface area contributed by atoms with Gasteiger partial charge in [0, 0.05) is 24.3 Å². The van der Waals surface area contributed by atoms with Crippen molar-refractivity contribution in [1.82, 2.24) is 15.0 Å². The van der Waals surface area contributed by atoms with Crippen molar-refractivity contribution < 1.29 is 14.7 Å². The predicted molar refractivity (Wildman–Crippen MR) is 92.0 cm³/mol. The molecule has 0 unspecified atom stereocenters. The van der Waals surface area contributed by atoms with Gasteiger partial charge in [0.1, 0.15) is 0 Å². The molecule has 0 aliphatic rings. The summed E-state index contributed by atoms with van der Waals surface area (Å²) >= 11 is 0. The van der Waals surface area contributed by atoms with Crippen molar-refractivity contribution in [3.05, 3.63) is 83.9 Å². The second-order valence-corrected chi connectivity index (χ2v) is 5.10. The summed E-state index contributed by atoms with van der Waals surface area (Å²) < 4.78 is 1.82. The fourth-order valence-electron chi connectivity index (χ4n) is 2.22. The molecule has 7 heteroatoms. The molecule has 2 N–H and O–H groups in total. The Morgan fingerprint density at radius 2 is 1.88 bits per heavy atom. The van der Waals surface area contributed by atoms with Crippen LogP contribution in [0.4, 0.5) is 0 Å². The minimum atomic E-state index is -0.973. The number of pyridine rings is 1. The maximum atomic E-state index is 11.9. The molecule has 0 bridgehead atoms. The van der Waals surface area contributed by atoms with Crippen molar-refractivity contribution in [3.8, 4) is 5.69 Å². The van der Waals surface area contributed by atoms with Gasteiger partial charge in [-0.3, -0.25) is 9.78 Å². The number of carboxylic acids is 1. The van der Waals surface area contributed by atoms with Crippen LogP contribution in [0.3, 0.4) is 0 Å². The molecule has 1 aromatic carbocycles. The fourth-order valence-corrected chi connectivity index (χ4v) is 2.22. The van der Waals surface area contributed by atoms with E-state index in [1.165, 1.54) is 24.5 Å². The lowest BCUT2D eigenvalue weighted by atomic mass is 10.2. The number of aromatic nitrogens is 2. The smallest absolute Gasteiger partial charge is 0.335 e. The molecule has 3 rings (SSSR count). The van der Waals surface area contributed by atoms with Crippen molar-refractivity contribution in [2.45, 2.75) is 0 Å². The quantitative estimate of drug-likeness (QED) is 0.553. The average molecular weight is 334 g/mol. The number of aromatic carboxylic acids is 1. The SMILES string of the molecule is O=C(O)c1ccc(-n2cccc2/C=N/NC(=O)c2cccnc2)cc1. The minimum Gasteiger partial charge on any atom is -0.478 e. The van der Waals surface area contributed by atoms with Crippen LogP contribution in [-0.4, -0.2) is 32.7 Å². The molecule has 0 spiro atoms. The summed E-state index contributed by atoms with van der Waals surface area (Å²) in [6.45, 7) is 0. The Morgan fingerprint density at radius 1 is 1.08 bits per heavy atom. The van der Waals surface area contributed by atoms with Crippen LogP contribution < -0.4 is 5.43 Å². The summed E-state index contributed by atoms with van der Waals surface area (Å²) in [7, 11) is 0. The topological polar surface area (TPSA) is 96.6 Å². The summed E-state index contributed by atoms with van der Waals surface area (Å²) in [4.78, 5) is 26.7. The van der Waals surface area contributed by atoms with Crippen molar-refractivity contribution in [2.75, 3.05) is 0 Å². The zero-order chi connectivity index (χ0) is 17.6. The number of hydrogen-bond acceptors (Lipinski definition) is 4. The zero-order valence-electron chi connectivity index (χ0n) is 13.0. The van der Waals surface area contributed by atoms with Gasteiger partial charge in [0.2, 0.25) is 0 Å². The van der Waals surface area contributed by atoms with Crippen LogP contribution in [0.5, 0.6) is 0 Å². The van der Waals surface area contributed by atoms with Gasteiger partial charge in [-0.05, 0) is 48.5 Å². The molecule has 124 valence electrons. The highest BCUT2D eigenvalue weighted by Crippen LogP contribution is 2.13. The zero-order valence-corrected chi connectivity index (χ0v) is 13.0. The normalized spacial score (nSPS) is 10.7. The van der Waals surface area contributed by atoms with Crippen LogP contribution in [0.25, 0.3) is 5.69 Å². The maximum absolute atomic E-state index is 11.9. The first kappa shape index (κ1) is 16.1. The van der Waals surface area contributed by atoms with Gasteiger partial charge in [-0.2, -0.15) is 5.10 Å². The van der Waals surface area contributed by atoms with E-state index in [9.17, 15) is 9.59 Å². The van der Waals surface area contributed by atoms with Gasteiger partial charge in [0.25, 0.3) is 5.91 Å². The van der Waals surface area contributed by atoms with Crippen LogP contribution in [0.1, 0.15) is 26.4 Å². The monoisotopic (exact) mass is 334 g/mol. The van der Waals surface area contributed by atoms with Gasteiger partial charge in [-0.1, -0.05) is 0 Å². The van der Waals surface area contributed by atoms with Crippen molar-refractivity contribution in [3.63, 3.8) is 0 Å². The molecule has 2 heterocycles. The van der Waals surface area contributed by atoms with Crippen molar-refractivity contribution >= 4 is 18.1 Å². The lowest BCUT2D eigenvalue weighted by Crippen LogP contribution is -2.17. The fraction of sp³-hybridized carbons (Fsp3) is 0. The summed E-state index contributed by atoms with van der Waals surface area (Å²) in [6, 6.07) is 13.4. The third-order valence-corrected chi connectivity index (χ3v) is 3.46. The molecule has 0 aliphatic carbocycles. The molecule has 0 saturated heterocycles. The van der Waals surface area contributed by atoms with Crippen LogP contribution in [0.15, 0.2) is 72.2 Å². The number of carbonyl (C=O) groups is 2. The molecular weight excluding hydrogens is 320 g/mol. The van der Waals surface area contributed by atoms with Crippen molar-refractivity contribution in [1.29, 1.82) is 0 Å². The summed E-state index contributed by atoms with van der Waals surface area (Å²) in [5.74, 6) is -1.33. The van der Waals surface area contributed by atoms with E-state index >= 15 is 0 Å². The first-order valence-corrected chi connectivity index (χ1v) is 7.39. The van der Waals surface area contributed by atoms with Gasteiger partial charge in [-0.15, -0.1) is 0 Å². The number of benzene rings is 1. The third-order valence-electron chi connectivity index (χ3n) is 3.46.